The summed E-state index contributed by atoms with van der Waals surface area (Å²) in [5.41, 5.74) is 3.82. The molecule has 0 fully saturated rings. The van der Waals surface area contributed by atoms with E-state index in [4.69, 9.17) is 6.48 Å². The van der Waals surface area contributed by atoms with Crippen LogP contribution in [-0.4, -0.2) is 11.7 Å². The smallest absolute Gasteiger partial charge is 0.0614 e. The fourth-order valence-corrected chi connectivity index (χ4v) is 1.45. The summed E-state index contributed by atoms with van der Waals surface area (Å²) in [6.07, 6.45) is 10.5. The third kappa shape index (κ3) is 9.72. The van der Waals surface area contributed by atoms with Crippen molar-refractivity contribution in [2.45, 2.75) is 53.4 Å². The van der Waals surface area contributed by atoms with E-state index in [1.54, 1.807) is 0 Å². The molecule has 0 spiro atoms. The maximum Gasteiger partial charge on any atom is 0.0614 e. The van der Waals surface area contributed by atoms with Gasteiger partial charge in [-0.15, -0.1) is 0 Å². The van der Waals surface area contributed by atoms with Gasteiger partial charge in [-0.25, -0.2) is 0 Å². The van der Waals surface area contributed by atoms with Crippen molar-refractivity contribution < 1.29 is 6.48 Å². The van der Waals surface area contributed by atoms with Crippen LogP contribution in [0.5, 0.6) is 0 Å². The van der Waals surface area contributed by atoms with Crippen LogP contribution in [0.1, 0.15) is 54.7 Å². The van der Waals surface area contributed by atoms with Crippen LogP contribution in [0.15, 0.2) is 34.9 Å². The second-order valence-corrected chi connectivity index (χ2v) is 4.41. The lowest BCUT2D eigenvalue weighted by Crippen LogP contribution is -1.82. The molecule has 1 N–H and O–H groups in total. The average molecular weight is 223 g/mol. The maximum absolute atomic E-state index is 8.72. The van der Waals surface area contributed by atoms with Gasteiger partial charge in [-0.05, 0) is 53.4 Å². The molecule has 0 heterocycles. The minimum absolute atomic E-state index is 0.145. The van der Waals surface area contributed by atoms with E-state index in [0.717, 1.165) is 31.3 Å². The van der Waals surface area contributed by atoms with Crippen molar-refractivity contribution in [2.75, 3.05) is 6.61 Å². The standard InChI is InChI=1S/C15H26O/c1-13(2)7-5-8-14(3)9-6-10-15(4)11-12-16/h7,9,11,16H,5-6,8,10,12H2,1-4H3/i1D. The molecule has 0 amide bonds. The predicted octanol–water partition coefficient (Wildman–Crippen LogP) is 4.40. The zero-order valence-electron chi connectivity index (χ0n) is 11.9. The van der Waals surface area contributed by atoms with Crippen LogP contribution in [0.25, 0.3) is 0 Å². The van der Waals surface area contributed by atoms with Crippen LogP contribution in [0.4, 0.5) is 0 Å². The van der Waals surface area contributed by atoms with E-state index in [9.17, 15) is 0 Å². The minimum Gasteiger partial charge on any atom is -0.392 e. The molecule has 0 aliphatic rings. The zero-order chi connectivity index (χ0) is 13.1. The lowest BCUT2D eigenvalue weighted by molar-refractivity contribution is 0.341. The van der Waals surface area contributed by atoms with Crippen LogP contribution in [0.3, 0.4) is 0 Å². The second-order valence-electron chi connectivity index (χ2n) is 4.41. The van der Waals surface area contributed by atoms with Gasteiger partial charge in [0.1, 0.15) is 0 Å². The molecule has 0 saturated carbocycles. The largest absolute Gasteiger partial charge is 0.392 e. The van der Waals surface area contributed by atoms with E-state index in [-0.39, 0.29) is 6.61 Å². The van der Waals surface area contributed by atoms with Gasteiger partial charge in [0.2, 0.25) is 0 Å². The number of allylic oxidation sites excluding steroid dienone is 5. The van der Waals surface area contributed by atoms with Gasteiger partial charge in [-0.2, -0.15) is 0 Å². The van der Waals surface area contributed by atoms with Gasteiger partial charge in [0.05, 0.1) is 6.61 Å². The number of rotatable bonds is 7. The monoisotopic (exact) mass is 223 g/mol. The Bertz CT molecular complexity index is 287. The van der Waals surface area contributed by atoms with Gasteiger partial charge < -0.3 is 5.11 Å². The summed E-state index contributed by atoms with van der Waals surface area (Å²) in [4.78, 5) is 0. The molecule has 0 aromatic carbocycles. The highest BCUT2D eigenvalue weighted by Crippen LogP contribution is 2.10. The molecule has 0 aromatic rings. The first-order valence-electron chi connectivity index (χ1n) is 6.67. The quantitative estimate of drug-likeness (QED) is 0.634. The molecule has 0 aromatic heterocycles. The van der Waals surface area contributed by atoms with Crippen LogP contribution < -0.4 is 0 Å². The molecule has 0 radical (unpaired) electrons. The highest BCUT2D eigenvalue weighted by Gasteiger charge is 1.91. The normalized spacial score (nSPS) is 15.2. The van der Waals surface area contributed by atoms with Crippen LogP contribution in [0, 0.1) is 0 Å². The molecule has 0 atom stereocenters. The molecule has 1 heteroatoms. The molecule has 0 bridgehead atoms. The summed E-state index contributed by atoms with van der Waals surface area (Å²) >= 11 is 0. The van der Waals surface area contributed by atoms with Crippen molar-refractivity contribution in [1.82, 2.24) is 0 Å². The van der Waals surface area contributed by atoms with Crippen molar-refractivity contribution in [2.24, 2.45) is 0 Å². The van der Waals surface area contributed by atoms with Crippen molar-refractivity contribution in [3.8, 4) is 0 Å². The van der Waals surface area contributed by atoms with E-state index in [1.165, 1.54) is 11.1 Å². The molecule has 0 unspecified atom stereocenters. The highest BCUT2D eigenvalue weighted by atomic mass is 16.2. The van der Waals surface area contributed by atoms with Crippen LogP contribution >= 0.6 is 0 Å². The Morgan fingerprint density at radius 3 is 2.12 bits per heavy atom. The third-order valence-electron chi connectivity index (χ3n) is 2.50. The van der Waals surface area contributed by atoms with Crippen molar-refractivity contribution in [1.29, 1.82) is 0 Å². The Morgan fingerprint density at radius 1 is 1.00 bits per heavy atom. The summed E-state index contributed by atoms with van der Waals surface area (Å²) in [5, 5.41) is 8.72. The van der Waals surface area contributed by atoms with Gasteiger partial charge in [0.15, 0.2) is 0 Å². The molecule has 1 nitrogen and oxygen atoms in total. The molecular weight excluding hydrogens is 196 g/mol. The lowest BCUT2D eigenvalue weighted by atomic mass is 10.1. The van der Waals surface area contributed by atoms with Gasteiger partial charge >= 0.3 is 0 Å². The van der Waals surface area contributed by atoms with Crippen molar-refractivity contribution in [3.05, 3.63) is 34.9 Å². The SMILES string of the molecule is [2H]CC(C)=CCCC(C)=CCCC(C)=CCO. The van der Waals surface area contributed by atoms with Gasteiger partial charge in [0.25, 0.3) is 0 Å². The van der Waals surface area contributed by atoms with Crippen LogP contribution in [0.2, 0.25) is 0 Å². The highest BCUT2D eigenvalue weighted by molar-refractivity contribution is 5.05. The van der Waals surface area contributed by atoms with E-state index in [0.29, 0.717) is 6.90 Å². The average Bonchev–Trinajstić information content (AvgIpc) is 2.29. The van der Waals surface area contributed by atoms with E-state index in [1.807, 2.05) is 13.0 Å². The summed E-state index contributed by atoms with van der Waals surface area (Å²) < 4.78 is 7.18. The number of aliphatic hydroxyl groups is 1. The molecule has 16 heavy (non-hydrogen) atoms. The Morgan fingerprint density at radius 2 is 1.56 bits per heavy atom. The molecule has 0 aliphatic carbocycles. The molecule has 0 saturated heterocycles. The first-order chi connectivity index (χ1) is 8.10. The number of hydrogen-bond acceptors (Lipinski definition) is 1. The lowest BCUT2D eigenvalue weighted by Gasteiger charge is -2.00. The first-order valence-corrected chi connectivity index (χ1v) is 5.97. The Hall–Kier alpha value is -0.820. The Balaban J connectivity index is 3.83. The van der Waals surface area contributed by atoms with Crippen molar-refractivity contribution in [3.63, 3.8) is 0 Å². The molecule has 92 valence electrons. The number of hydrogen-bond donors (Lipinski definition) is 1. The summed E-state index contributed by atoms with van der Waals surface area (Å²) in [6, 6.07) is 0. The van der Waals surface area contributed by atoms with Gasteiger partial charge in [-0.3, -0.25) is 0 Å². The maximum atomic E-state index is 8.72. The van der Waals surface area contributed by atoms with Gasteiger partial charge in [-0.1, -0.05) is 34.9 Å². The topological polar surface area (TPSA) is 20.2 Å². The summed E-state index contributed by atoms with van der Waals surface area (Å²) in [7, 11) is 0. The Labute approximate surface area is 102 Å². The van der Waals surface area contributed by atoms with E-state index in [2.05, 4.69) is 26.0 Å². The van der Waals surface area contributed by atoms with Gasteiger partial charge in [0, 0.05) is 1.37 Å². The fraction of sp³-hybridized carbons (Fsp3) is 0.600. The minimum atomic E-state index is 0.145. The van der Waals surface area contributed by atoms with Crippen molar-refractivity contribution >= 4 is 0 Å². The molecular formula is C15H26O. The Kier molecular flexibility index (Phi) is 7.79. The summed E-state index contributed by atoms with van der Waals surface area (Å²) in [6.45, 7) is 6.78. The predicted molar refractivity (Wildman–Crippen MR) is 72.5 cm³/mol. The molecule has 0 rings (SSSR count). The third-order valence-corrected chi connectivity index (χ3v) is 2.50. The van der Waals surface area contributed by atoms with Crippen LogP contribution in [-0.2, 0) is 0 Å². The summed E-state index contributed by atoms with van der Waals surface area (Å²) in [5.74, 6) is 0. The van der Waals surface area contributed by atoms with E-state index >= 15 is 0 Å². The first kappa shape index (κ1) is 13.2. The molecule has 0 aliphatic heterocycles. The van der Waals surface area contributed by atoms with E-state index < -0.39 is 0 Å². The second kappa shape index (κ2) is 9.41. The fourth-order valence-electron chi connectivity index (χ4n) is 1.45. The number of aliphatic hydroxyl groups excluding tert-OH is 1. The zero-order valence-corrected chi connectivity index (χ0v) is 10.9.